The van der Waals surface area contributed by atoms with Gasteiger partial charge in [0.15, 0.2) is 0 Å². The fourth-order valence-electron chi connectivity index (χ4n) is 3.33. The minimum Gasteiger partial charge on any atom is -0.374 e. The molecule has 2 aromatic rings. The van der Waals surface area contributed by atoms with Crippen LogP contribution in [-0.4, -0.2) is 35.4 Å². The second-order valence-electron chi connectivity index (χ2n) is 6.28. The summed E-state index contributed by atoms with van der Waals surface area (Å²) in [7, 11) is 0. The van der Waals surface area contributed by atoms with Crippen LogP contribution in [0.15, 0.2) is 6.07 Å². The van der Waals surface area contributed by atoms with E-state index in [-0.39, 0.29) is 13.0 Å². The van der Waals surface area contributed by atoms with Gasteiger partial charge in [-0.1, -0.05) is 0 Å². The van der Waals surface area contributed by atoms with Crippen molar-refractivity contribution in [2.24, 2.45) is 11.5 Å². The number of alkyl halides is 1. The molecular formula is C16H22F2N4O. The number of aromatic amines is 1. The van der Waals surface area contributed by atoms with E-state index >= 15 is 0 Å². The van der Waals surface area contributed by atoms with Crippen LogP contribution in [0.3, 0.4) is 0 Å². The minimum absolute atomic E-state index is 0.251. The van der Waals surface area contributed by atoms with Gasteiger partial charge in [0.2, 0.25) is 0 Å². The molecule has 1 aromatic carbocycles. The van der Waals surface area contributed by atoms with E-state index in [2.05, 4.69) is 4.98 Å². The average Bonchev–Trinajstić information content (AvgIpc) is 2.77. The standard InChI is InChI=1S/C16H22F2N4O/c1-7-8(2)21-14-9(16(20)23)5-11(18)15(13(7)14)22-4-3-10(17)12(19)6-22/h5,10,12,16,21,23H,3-4,6,19-20H2,1-2H3/t10-,12+,16?/m1/s1. The number of aliphatic hydroxyl groups is 1. The molecule has 1 aliphatic heterocycles. The third kappa shape index (κ3) is 2.58. The Kier molecular flexibility index (Phi) is 4.03. The Morgan fingerprint density at radius 2 is 2.13 bits per heavy atom. The van der Waals surface area contributed by atoms with E-state index < -0.39 is 24.3 Å². The van der Waals surface area contributed by atoms with Crippen molar-refractivity contribution < 1.29 is 13.9 Å². The molecule has 3 rings (SSSR count). The molecule has 6 N–H and O–H groups in total. The van der Waals surface area contributed by atoms with Crippen molar-refractivity contribution in [1.82, 2.24) is 4.98 Å². The van der Waals surface area contributed by atoms with Gasteiger partial charge in [-0.15, -0.1) is 0 Å². The molecule has 0 radical (unpaired) electrons. The van der Waals surface area contributed by atoms with Gasteiger partial charge in [0.05, 0.1) is 17.2 Å². The maximum Gasteiger partial charge on any atom is 0.147 e. The number of H-pyrrole nitrogens is 1. The molecule has 1 unspecified atom stereocenters. The maximum absolute atomic E-state index is 14.8. The van der Waals surface area contributed by atoms with Crippen LogP contribution in [0.5, 0.6) is 0 Å². The number of nitrogens with zero attached hydrogens (tertiary/aromatic N) is 1. The summed E-state index contributed by atoms with van der Waals surface area (Å²) >= 11 is 0. The molecule has 1 saturated heterocycles. The highest BCUT2D eigenvalue weighted by molar-refractivity contribution is 5.98. The number of hydrogen-bond acceptors (Lipinski definition) is 4. The molecule has 0 spiro atoms. The highest BCUT2D eigenvalue weighted by atomic mass is 19.1. The zero-order chi connectivity index (χ0) is 16.9. The highest BCUT2D eigenvalue weighted by Gasteiger charge is 2.30. The van der Waals surface area contributed by atoms with Gasteiger partial charge in [0, 0.05) is 29.7 Å². The van der Waals surface area contributed by atoms with Crippen molar-refractivity contribution in [1.29, 1.82) is 0 Å². The molecular weight excluding hydrogens is 302 g/mol. The molecule has 3 atom stereocenters. The van der Waals surface area contributed by atoms with Crippen LogP contribution in [0.25, 0.3) is 10.9 Å². The van der Waals surface area contributed by atoms with E-state index in [1.165, 1.54) is 6.07 Å². The third-order valence-corrected chi connectivity index (χ3v) is 4.74. The van der Waals surface area contributed by atoms with Crippen molar-refractivity contribution in [3.05, 3.63) is 28.7 Å². The first-order valence-electron chi connectivity index (χ1n) is 7.70. The number of aromatic nitrogens is 1. The summed E-state index contributed by atoms with van der Waals surface area (Å²) in [4.78, 5) is 4.95. The number of nitrogens with two attached hydrogens (primary N) is 2. The van der Waals surface area contributed by atoms with Crippen LogP contribution >= 0.6 is 0 Å². The fraction of sp³-hybridized carbons (Fsp3) is 0.500. The second kappa shape index (κ2) is 5.74. The summed E-state index contributed by atoms with van der Waals surface area (Å²) in [5.74, 6) is -0.483. The number of hydrogen-bond donors (Lipinski definition) is 4. The van der Waals surface area contributed by atoms with Crippen LogP contribution in [0.1, 0.15) is 29.5 Å². The molecule has 1 fully saturated rings. The van der Waals surface area contributed by atoms with Gasteiger partial charge in [-0.05, 0) is 31.9 Å². The molecule has 0 saturated carbocycles. The predicted octanol–water partition coefficient (Wildman–Crippen LogP) is 1.75. The zero-order valence-corrected chi connectivity index (χ0v) is 13.2. The zero-order valence-electron chi connectivity index (χ0n) is 13.2. The summed E-state index contributed by atoms with van der Waals surface area (Å²) in [6.07, 6.45) is -2.08. The maximum atomic E-state index is 14.8. The van der Waals surface area contributed by atoms with Crippen molar-refractivity contribution in [2.45, 2.75) is 38.7 Å². The van der Waals surface area contributed by atoms with E-state index in [1.54, 1.807) is 4.90 Å². The number of anilines is 1. The molecule has 2 heterocycles. The van der Waals surface area contributed by atoms with Gasteiger partial charge in [0.1, 0.15) is 18.2 Å². The Morgan fingerprint density at radius 1 is 1.43 bits per heavy atom. The van der Waals surface area contributed by atoms with Gasteiger partial charge >= 0.3 is 0 Å². The molecule has 5 nitrogen and oxygen atoms in total. The van der Waals surface area contributed by atoms with Crippen LogP contribution in [0, 0.1) is 19.7 Å². The smallest absolute Gasteiger partial charge is 0.147 e. The minimum atomic E-state index is -1.28. The number of rotatable bonds is 2. The summed E-state index contributed by atoms with van der Waals surface area (Å²) in [6.45, 7) is 4.41. The van der Waals surface area contributed by atoms with Crippen molar-refractivity contribution in [3.8, 4) is 0 Å². The first kappa shape index (κ1) is 16.2. The molecule has 126 valence electrons. The Labute approximate surface area is 133 Å². The van der Waals surface area contributed by atoms with E-state index in [0.717, 1.165) is 11.3 Å². The quantitative estimate of drug-likeness (QED) is 0.633. The number of piperidine rings is 1. The Hall–Kier alpha value is -1.70. The number of benzene rings is 1. The lowest BCUT2D eigenvalue weighted by Gasteiger charge is -2.35. The number of aliphatic hydroxyl groups excluding tert-OH is 1. The van der Waals surface area contributed by atoms with Crippen molar-refractivity contribution in [3.63, 3.8) is 0 Å². The lowest BCUT2D eigenvalue weighted by atomic mass is 9.99. The molecule has 7 heteroatoms. The lowest BCUT2D eigenvalue weighted by Crippen LogP contribution is -2.50. The predicted molar refractivity (Wildman–Crippen MR) is 86.6 cm³/mol. The van der Waals surface area contributed by atoms with Gasteiger partial charge < -0.3 is 26.5 Å². The van der Waals surface area contributed by atoms with E-state index in [0.29, 0.717) is 28.7 Å². The summed E-state index contributed by atoms with van der Waals surface area (Å²) < 4.78 is 28.4. The molecule has 1 aromatic heterocycles. The normalized spacial score (nSPS) is 23.5. The summed E-state index contributed by atoms with van der Waals surface area (Å²) in [6, 6.07) is 0.600. The SMILES string of the molecule is Cc1[nH]c2c(C(N)O)cc(F)c(N3CC[C@@H](F)[C@@H](N)C3)c2c1C. The topological polar surface area (TPSA) is 91.3 Å². The third-order valence-electron chi connectivity index (χ3n) is 4.74. The Bertz CT molecular complexity index is 743. The summed E-state index contributed by atoms with van der Waals surface area (Å²) in [5, 5.41) is 10.4. The molecule has 0 amide bonds. The average molecular weight is 324 g/mol. The van der Waals surface area contributed by atoms with Crippen LogP contribution < -0.4 is 16.4 Å². The molecule has 23 heavy (non-hydrogen) atoms. The number of aryl methyl sites for hydroxylation is 2. The molecule has 1 aliphatic rings. The second-order valence-corrected chi connectivity index (χ2v) is 6.28. The number of fused-ring (bicyclic) bond motifs is 1. The van der Waals surface area contributed by atoms with E-state index in [4.69, 9.17) is 11.5 Å². The van der Waals surface area contributed by atoms with Gasteiger partial charge in [-0.3, -0.25) is 0 Å². The lowest BCUT2D eigenvalue weighted by molar-refractivity contribution is 0.187. The molecule has 0 bridgehead atoms. The van der Waals surface area contributed by atoms with Gasteiger partial charge in [-0.2, -0.15) is 0 Å². The highest BCUT2D eigenvalue weighted by Crippen LogP contribution is 2.38. The van der Waals surface area contributed by atoms with Gasteiger partial charge in [-0.25, -0.2) is 8.78 Å². The van der Waals surface area contributed by atoms with Crippen LogP contribution in [0.4, 0.5) is 14.5 Å². The summed E-state index contributed by atoms with van der Waals surface area (Å²) in [5.41, 5.74) is 14.5. The van der Waals surface area contributed by atoms with E-state index in [9.17, 15) is 13.9 Å². The monoisotopic (exact) mass is 324 g/mol. The van der Waals surface area contributed by atoms with Gasteiger partial charge in [0.25, 0.3) is 0 Å². The first-order valence-corrected chi connectivity index (χ1v) is 7.70. The number of nitrogens with one attached hydrogen (secondary N) is 1. The van der Waals surface area contributed by atoms with E-state index in [1.807, 2.05) is 13.8 Å². The fourth-order valence-corrected chi connectivity index (χ4v) is 3.33. The van der Waals surface area contributed by atoms with Crippen molar-refractivity contribution >= 4 is 16.6 Å². The van der Waals surface area contributed by atoms with Crippen LogP contribution in [0.2, 0.25) is 0 Å². The Morgan fingerprint density at radius 3 is 2.74 bits per heavy atom. The van der Waals surface area contributed by atoms with Crippen molar-refractivity contribution in [2.75, 3.05) is 18.0 Å². The first-order chi connectivity index (χ1) is 10.8. The largest absolute Gasteiger partial charge is 0.374 e. The Balaban J connectivity index is 2.21. The number of halogens is 2. The molecule has 0 aliphatic carbocycles. The van der Waals surface area contributed by atoms with Crippen LogP contribution in [-0.2, 0) is 0 Å².